The monoisotopic (exact) mass is 176 g/mol. The Balaban J connectivity index is 3.18. The van der Waals surface area contributed by atoms with Crippen molar-refractivity contribution < 1.29 is 0 Å². The van der Waals surface area contributed by atoms with Gasteiger partial charge >= 0.3 is 0 Å². The third-order valence-corrected chi connectivity index (χ3v) is 1.87. The summed E-state index contributed by atoms with van der Waals surface area (Å²) >= 11 is 0. The molecule has 0 aliphatic heterocycles. The van der Waals surface area contributed by atoms with E-state index in [0.717, 1.165) is 5.56 Å². The van der Waals surface area contributed by atoms with Crippen LogP contribution in [0.4, 0.5) is 11.4 Å². The highest BCUT2D eigenvalue weighted by Gasteiger charge is 2.01. The number of nitrogen functional groups attached to an aromatic ring is 1. The predicted molar refractivity (Wildman–Crippen MR) is 53.7 cm³/mol. The molecule has 0 aliphatic rings. The molecule has 0 radical (unpaired) electrons. The normalized spacial score (nSPS) is 9.77. The second kappa shape index (κ2) is 3.83. The zero-order valence-electron chi connectivity index (χ0n) is 7.73. The van der Waals surface area contributed by atoms with E-state index < -0.39 is 0 Å². The van der Waals surface area contributed by atoms with Crippen LogP contribution in [0, 0.1) is 0 Å². The molecule has 1 rings (SSSR count). The van der Waals surface area contributed by atoms with Gasteiger partial charge in [0.05, 0.1) is 5.69 Å². The standard InChI is InChI=1S/C9H12N4/c1-6(2)7-3-4-8(10)9(5-7)12-13-11/h3-6H,10H2,1-2H3. The van der Waals surface area contributed by atoms with Gasteiger partial charge in [-0.05, 0) is 29.1 Å². The number of hydrogen-bond acceptors (Lipinski definition) is 2. The Bertz CT molecular complexity index is 351. The molecule has 1 aromatic carbocycles. The molecule has 0 saturated carbocycles. The molecule has 4 heteroatoms. The third kappa shape index (κ3) is 2.13. The van der Waals surface area contributed by atoms with Gasteiger partial charge in [0.1, 0.15) is 0 Å². The zero-order chi connectivity index (χ0) is 9.84. The van der Waals surface area contributed by atoms with Crippen LogP contribution in [-0.4, -0.2) is 0 Å². The third-order valence-electron chi connectivity index (χ3n) is 1.87. The van der Waals surface area contributed by atoms with Gasteiger partial charge in [0.2, 0.25) is 0 Å². The van der Waals surface area contributed by atoms with Gasteiger partial charge in [0.25, 0.3) is 0 Å². The minimum absolute atomic E-state index is 0.410. The van der Waals surface area contributed by atoms with Crippen molar-refractivity contribution >= 4 is 11.4 Å². The molecule has 1 aromatic rings. The van der Waals surface area contributed by atoms with Crippen molar-refractivity contribution in [1.29, 1.82) is 0 Å². The Morgan fingerprint density at radius 3 is 2.69 bits per heavy atom. The molecular weight excluding hydrogens is 164 g/mol. The maximum Gasteiger partial charge on any atom is 0.0607 e. The summed E-state index contributed by atoms with van der Waals surface area (Å²) in [5.74, 6) is 0.410. The lowest BCUT2D eigenvalue weighted by Gasteiger charge is -2.07. The molecule has 0 aliphatic carbocycles. The average Bonchev–Trinajstić information content (AvgIpc) is 2.08. The molecule has 0 unspecified atom stereocenters. The summed E-state index contributed by atoms with van der Waals surface area (Å²) in [4.78, 5) is 2.71. The van der Waals surface area contributed by atoms with Gasteiger partial charge in [0, 0.05) is 10.6 Å². The fourth-order valence-corrected chi connectivity index (χ4v) is 1.05. The predicted octanol–water partition coefficient (Wildman–Crippen LogP) is 3.33. The number of azide groups is 1. The van der Waals surface area contributed by atoms with E-state index in [2.05, 4.69) is 23.9 Å². The lowest BCUT2D eigenvalue weighted by atomic mass is 10.0. The molecule has 0 saturated heterocycles. The zero-order valence-corrected chi connectivity index (χ0v) is 7.73. The van der Waals surface area contributed by atoms with E-state index in [9.17, 15) is 0 Å². The number of benzene rings is 1. The van der Waals surface area contributed by atoms with E-state index in [4.69, 9.17) is 11.3 Å². The molecule has 0 heterocycles. The largest absolute Gasteiger partial charge is 0.398 e. The lowest BCUT2D eigenvalue weighted by molar-refractivity contribution is 0.867. The molecule has 13 heavy (non-hydrogen) atoms. The molecule has 68 valence electrons. The molecule has 0 amide bonds. The first kappa shape index (κ1) is 9.42. The molecule has 0 atom stereocenters. The Labute approximate surface area is 77.0 Å². The number of hydrogen-bond donors (Lipinski definition) is 1. The van der Waals surface area contributed by atoms with Crippen LogP contribution >= 0.6 is 0 Å². The van der Waals surface area contributed by atoms with E-state index in [1.54, 1.807) is 6.07 Å². The Kier molecular flexibility index (Phi) is 2.77. The first-order valence-electron chi connectivity index (χ1n) is 4.09. The summed E-state index contributed by atoms with van der Waals surface area (Å²) in [6.45, 7) is 4.15. The van der Waals surface area contributed by atoms with Gasteiger partial charge in [-0.1, -0.05) is 25.0 Å². The summed E-state index contributed by atoms with van der Waals surface area (Å²) < 4.78 is 0. The highest BCUT2D eigenvalue weighted by molar-refractivity contribution is 5.63. The van der Waals surface area contributed by atoms with Crippen molar-refractivity contribution in [2.24, 2.45) is 5.11 Å². The molecule has 0 bridgehead atoms. The van der Waals surface area contributed by atoms with Crippen LogP contribution in [0.2, 0.25) is 0 Å². The molecule has 4 nitrogen and oxygen atoms in total. The maximum atomic E-state index is 8.28. The Hall–Kier alpha value is -1.67. The maximum absolute atomic E-state index is 8.28. The van der Waals surface area contributed by atoms with Gasteiger partial charge in [-0.3, -0.25) is 0 Å². The number of rotatable bonds is 2. The van der Waals surface area contributed by atoms with Crippen LogP contribution in [-0.2, 0) is 0 Å². The minimum Gasteiger partial charge on any atom is -0.398 e. The SMILES string of the molecule is CC(C)c1ccc(N)c(N=[N+]=[N-])c1. The molecular formula is C9H12N4. The number of anilines is 1. The Morgan fingerprint density at radius 2 is 2.15 bits per heavy atom. The van der Waals surface area contributed by atoms with Gasteiger partial charge in [-0.25, -0.2) is 0 Å². The highest BCUT2D eigenvalue weighted by Crippen LogP contribution is 2.26. The van der Waals surface area contributed by atoms with Crippen LogP contribution in [0.15, 0.2) is 23.3 Å². The van der Waals surface area contributed by atoms with Crippen LogP contribution in [0.3, 0.4) is 0 Å². The summed E-state index contributed by atoms with van der Waals surface area (Å²) in [6.07, 6.45) is 0. The number of nitrogens with zero attached hydrogens (tertiary/aromatic N) is 3. The van der Waals surface area contributed by atoms with E-state index in [1.165, 1.54) is 0 Å². The van der Waals surface area contributed by atoms with Crippen LogP contribution in [0.1, 0.15) is 25.3 Å². The second-order valence-electron chi connectivity index (χ2n) is 3.16. The summed E-state index contributed by atoms with van der Waals surface area (Å²) in [5, 5.41) is 3.50. The fourth-order valence-electron chi connectivity index (χ4n) is 1.05. The first-order valence-corrected chi connectivity index (χ1v) is 4.09. The summed E-state index contributed by atoms with van der Waals surface area (Å²) in [6, 6.07) is 5.52. The van der Waals surface area contributed by atoms with E-state index in [0.29, 0.717) is 17.3 Å². The van der Waals surface area contributed by atoms with Crippen molar-refractivity contribution in [3.8, 4) is 0 Å². The van der Waals surface area contributed by atoms with Crippen molar-refractivity contribution in [3.05, 3.63) is 34.2 Å². The number of nitrogens with two attached hydrogens (primary N) is 1. The lowest BCUT2D eigenvalue weighted by Crippen LogP contribution is -1.90. The van der Waals surface area contributed by atoms with Gasteiger partial charge in [-0.2, -0.15) is 0 Å². The van der Waals surface area contributed by atoms with Crippen LogP contribution in [0.25, 0.3) is 10.4 Å². The first-order chi connectivity index (χ1) is 6.15. The van der Waals surface area contributed by atoms with Crippen molar-refractivity contribution in [2.45, 2.75) is 19.8 Å². The average molecular weight is 176 g/mol. The van der Waals surface area contributed by atoms with Crippen molar-refractivity contribution in [3.63, 3.8) is 0 Å². The highest BCUT2D eigenvalue weighted by atomic mass is 15.1. The van der Waals surface area contributed by atoms with Gasteiger partial charge in [-0.15, -0.1) is 0 Å². The smallest absolute Gasteiger partial charge is 0.0607 e. The van der Waals surface area contributed by atoms with Gasteiger partial charge < -0.3 is 5.73 Å². The van der Waals surface area contributed by atoms with Crippen LogP contribution < -0.4 is 5.73 Å². The summed E-state index contributed by atoms with van der Waals surface area (Å²) in [7, 11) is 0. The molecule has 0 fully saturated rings. The van der Waals surface area contributed by atoms with Crippen molar-refractivity contribution in [1.82, 2.24) is 0 Å². The van der Waals surface area contributed by atoms with E-state index in [1.807, 2.05) is 12.1 Å². The quantitative estimate of drug-likeness (QED) is 0.319. The summed E-state index contributed by atoms with van der Waals surface area (Å²) in [5.41, 5.74) is 16.0. The van der Waals surface area contributed by atoms with Gasteiger partial charge in [0.15, 0.2) is 0 Å². The van der Waals surface area contributed by atoms with E-state index >= 15 is 0 Å². The molecule has 2 N–H and O–H groups in total. The van der Waals surface area contributed by atoms with Crippen LogP contribution in [0.5, 0.6) is 0 Å². The minimum atomic E-state index is 0.410. The molecule has 0 aromatic heterocycles. The topological polar surface area (TPSA) is 74.8 Å². The fraction of sp³-hybridized carbons (Fsp3) is 0.333. The molecule has 0 spiro atoms. The van der Waals surface area contributed by atoms with E-state index in [-0.39, 0.29) is 0 Å². The Morgan fingerprint density at radius 1 is 1.46 bits per heavy atom. The van der Waals surface area contributed by atoms with Crippen molar-refractivity contribution in [2.75, 3.05) is 5.73 Å². The second-order valence-corrected chi connectivity index (χ2v) is 3.16.